The van der Waals surface area contributed by atoms with Crippen LogP contribution in [0.4, 0.5) is 4.39 Å². The van der Waals surface area contributed by atoms with Gasteiger partial charge in [0.2, 0.25) is 0 Å². The van der Waals surface area contributed by atoms with Crippen LogP contribution >= 0.6 is 34.8 Å². The van der Waals surface area contributed by atoms with Crippen LogP contribution in [0.1, 0.15) is 27.1 Å². The lowest BCUT2D eigenvalue weighted by Gasteiger charge is -2.05. The summed E-state index contributed by atoms with van der Waals surface area (Å²) in [7, 11) is 0. The lowest BCUT2D eigenvalue weighted by Crippen LogP contribution is -2.10. The molecule has 2 nitrogen and oxygen atoms in total. The Hall–Kier alpha value is -1.42. The first kappa shape index (κ1) is 16.0. The minimum Gasteiger partial charge on any atom is -0.294 e. The van der Waals surface area contributed by atoms with Gasteiger partial charge in [-0.05, 0) is 24.3 Å². The molecular weight excluding hydrogens is 338 g/mol. The van der Waals surface area contributed by atoms with Crippen LogP contribution in [-0.4, -0.2) is 11.6 Å². The van der Waals surface area contributed by atoms with E-state index in [1.807, 2.05) is 0 Å². The third kappa shape index (κ3) is 3.62. The molecule has 0 aliphatic heterocycles. The molecule has 0 saturated carbocycles. The van der Waals surface area contributed by atoms with Crippen LogP contribution < -0.4 is 0 Å². The molecule has 2 aromatic rings. The number of carbonyl (C=O) groups excluding carboxylic acids is 2. The smallest absolute Gasteiger partial charge is 0.173 e. The van der Waals surface area contributed by atoms with Crippen LogP contribution in [0.5, 0.6) is 0 Å². The summed E-state index contributed by atoms with van der Waals surface area (Å²) in [5.74, 6) is -1.79. The highest BCUT2D eigenvalue weighted by molar-refractivity contribution is 6.48. The summed E-state index contributed by atoms with van der Waals surface area (Å²) in [6.45, 7) is 0. The Kier molecular flexibility index (Phi) is 4.99. The van der Waals surface area contributed by atoms with Crippen LogP contribution in [0, 0.1) is 5.82 Å². The number of hydrogen-bond acceptors (Lipinski definition) is 2. The van der Waals surface area contributed by atoms with Gasteiger partial charge in [-0.3, -0.25) is 9.59 Å². The Balaban J connectivity index is 2.23. The van der Waals surface area contributed by atoms with Gasteiger partial charge in [0.25, 0.3) is 0 Å². The van der Waals surface area contributed by atoms with Crippen LogP contribution in [-0.2, 0) is 0 Å². The van der Waals surface area contributed by atoms with Gasteiger partial charge < -0.3 is 0 Å². The van der Waals surface area contributed by atoms with Crippen LogP contribution in [0.25, 0.3) is 0 Å². The third-order valence-electron chi connectivity index (χ3n) is 2.80. The number of benzene rings is 2. The Morgan fingerprint density at radius 2 is 1.52 bits per heavy atom. The van der Waals surface area contributed by atoms with Crippen molar-refractivity contribution in [2.45, 2.75) is 6.42 Å². The average molecular weight is 346 g/mol. The standard InChI is InChI=1S/C15H8Cl3FO2/c16-10-5-8(6-11(17)15(10)18)13(20)7-14(21)9-3-1-2-4-12(9)19/h1-6H,7H2. The van der Waals surface area contributed by atoms with E-state index in [1.165, 1.54) is 30.3 Å². The number of ketones is 2. The van der Waals surface area contributed by atoms with Gasteiger partial charge in [-0.25, -0.2) is 4.39 Å². The number of carbonyl (C=O) groups is 2. The molecule has 0 bridgehead atoms. The van der Waals surface area contributed by atoms with Crippen molar-refractivity contribution in [3.63, 3.8) is 0 Å². The van der Waals surface area contributed by atoms with Crippen molar-refractivity contribution >= 4 is 46.4 Å². The first-order valence-corrected chi connectivity index (χ1v) is 6.99. The fourth-order valence-corrected chi connectivity index (χ4v) is 2.34. The average Bonchev–Trinajstić information content (AvgIpc) is 2.44. The lowest BCUT2D eigenvalue weighted by molar-refractivity contribution is 0.0892. The molecular formula is C15H8Cl3FO2. The monoisotopic (exact) mass is 344 g/mol. The van der Waals surface area contributed by atoms with Crippen molar-refractivity contribution in [3.8, 4) is 0 Å². The molecule has 0 saturated heterocycles. The molecule has 2 rings (SSSR count). The van der Waals surface area contributed by atoms with E-state index in [9.17, 15) is 14.0 Å². The summed E-state index contributed by atoms with van der Waals surface area (Å²) < 4.78 is 13.5. The molecule has 0 radical (unpaired) electrons. The van der Waals surface area contributed by atoms with Crippen molar-refractivity contribution in [1.29, 1.82) is 0 Å². The summed E-state index contributed by atoms with van der Waals surface area (Å²) >= 11 is 17.4. The second-order valence-corrected chi connectivity index (χ2v) is 5.45. The maximum atomic E-state index is 13.5. The topological polar surface area (TPSA) is 34.1 Å². The largest absolute Gasteiger partial charge is 0.294 e. The van der Waals surface area contributed by atoms with Crippen molar-refractivity contribution in [2.75, 3.05) is 0 Å². The first-order valence-electron chi connectivity index (χ1n) is 5.85. The van der Waals surface area contributed by atoms with Gasteiger partial charge >= 0.3 is 0 Å². The molecule has 108 valence electrons. The molecule has 0 aromatic heterocycles. The predicted octanol–water partition coefficient (Wildman–Crippen LogP) is 5.24. The summed E-state index contributed by atoms with van der Waals surface area (Å²) in [5.41, 5.74) is 0.0242. The highest BCUT2D eigenvalue weighted by atomic mass is 35.5. The van der Waals surface area contributed by atoms with Crippen LogP contribution in [0.3, 0.4) is 0 Å². The zero-order valence-corrected chi connectivity index (χ0v) is 12.8. The molecule has 2 aromatic carbocycles. The molecule has 0 N–H and O–H groups in total. The molecule has 6 heteroatoms. The molecule has 0 unspecified atom stereocenters. The van der Waals surface area contributed by atoms with Gasteiger partial charge in [0, 0.05) is 5.56 Å². The normalized spacial score (nSPS) is 10.5. The summed E-state index contributed by atoms with van der Waals surface area (Å²) in [6, 6.07) is 8.13. The van der Waals surface area contributed by atoms with E-state index in [-0.39, 0.29) is 26.2 Å². The zero-order valence-electron chi connectivity index (χ0n) is 10.5. The Bertz CT molecular complexity index is 706. The Labute approximate surface area is 135 Å². The van der Waals surface area contributed by atoms with Crippen LogP contribution in [0.15, 0.2) is 36.4 Å². The van der Waals surface area contributed by atoms with Crippen LogP contribution in [0.2, 0.25) is 15.1 Å². The van der Waals surface area contributed by atoms with Gasteiger partial charge in [-0.1, -0.05) is 46.9 Å². The molecule has 0 atom stereocenters. The quantitative estimate of drug-likeness (QED) is 0.431. The zero-order chi connectivity index (χ0) is 15.6. The van der Waals surface area contributed by atoms with E-state index in [0.717, 1.165) is 6.07 Å². The maximum absolute atomic E-state index is 13.5. The lowest BCUT2D eigenvalue weighted by atomic mass is 10.0. The van der Waals surface area contributed by atoms with E-state index in [1.54, 1.807) is 0 Å². The highest BCUT2D eigenvalue weighted by Crippen LogP contribution is 2.31. The van der Waals surface area contributed by atoms with Gasteiger partial charge in [-0.2, -0.15) is 0 Å². The van der Waals surface area contributed by atoms with E-state index in [4.69, 9.17) is 34.8 Å². The number of Topliss-reactive ketones (excluding diaryl/α,β-unsaturated/α-hetero) is 2. The van der Waals surface area contributed by atoms with E-state index in [0.29, 0.717) is 0 Å². The predicted molar refractivity (Wildman–Crippen MR) is 81.2 cm³/mol. The minimum atomic E-state index is -0.664. The van der Waals surface area contributed by atoms with E-state index < -0.39 is 23.8 Å². The molecule has 0 amide bonds. The fraction of sp³-hybridized carbons (Fsp3) is 0.0667. The summed E-state index contributed by atoms with van der Waals surface area (Å²) in [4.78, 5) is 24.0. The summed E-state index contributed by atoms with van der Waals surface area (Å²) in [5, 5.41) is 0.368. The van der Waals surface area contributed by atoms with Crippen molar-refractivity contribution in [1.82, 2.24) is 0 Å². The Morgan fingerprint density at radius 3 is 2.10 bits per heavy atom. The minimum absolute atomic E-state index is 0.117. The maximum Gasteiger partial charge on any atom is 0.173 e. The van der Waals surface area contributed by atoms with Crippen molar-refractivity contribution in [3.05, 3.63) is 68.4 Å². The second-order valence-electron chi connectivity index (χ2n) is 4.26. The second kappa shape index (κ2) is 6.56. The van der Waals surface area contributed by atoms with Gasteiger partial charge in [0.15, 0.2) is 11.6 Å². The SMILES string of the molecule is O=C(CC(=O)c1ccccc1F)c1cc(Cl)c(Cl)c(Cl)c1. The van der Waals surface area contributed by atoms with Gasteiger partial charge in [0.1, 0.15) is 5.82 Å². The molecule has 0 aliphatic rings. The number of rotatable bonds is 4. The molecule has 0 aliphatic carbocycles. The third-order valence-corrected chi connectivity index (χ3v) is 4.00. The molecule has 0 heterocycles. The molecule has 21 heavy (non-hydrogen) atoms. The van der Waals surface area contributed by atoms with Crippen molar-refractivity contribution in [2.24, 2.45) is 0 Å². The highest BCUT2D eigenvalue weighted by Gasteiger charge is 2.18. The fourth-order valence-electron chi connectivity index (χ4n) is 1.75. The van der Waals surface area contributed by atoms with E-state index >= 15 is 0 Å². The van der Waals surface area contributed by atoms with E-state index in [2.05, 4.69) is 0 Å². The number of hydrogen-bond donors (Lipinski definition) is 0. The van der Waals surface area contributed by atoms with Gasteiger partial charge in [0.05, 0.1) is 27.1 Å². The Morgan fingerprint density at radius 1 is 0.952 bits per heavy atom. The molecule has 0 fully saturated rings. The number of halogens is 4. The first-order chi connectivity index (χ1) is 9.90. The molecule has 0 spiro atoms. The van der Waals surface area contributed by atoms with Gasteiger partial charge in [-0.15, -0.1) is 0 Å². The summed E-state index contributed by atoms with van der Waals surface area (Å²) in [6.07, 6.45) is -0.477. The van der Waals surface area contributed by atoms with Crippen molar-refractivity contribution < 1.29 is 14.0 Å².